The van der Waals surface area contributed by atoms with Crippen LogP contribution < -0.4 is 5.32 Å². The number of rotatable bonds is 5. The van der Waals surface area contributed by atoms with Crippen LogP contribution in [0.5, 0.6) is 0 Å². The molecule has 0 saturated heterocycles. The Bertz CT molecular complexity index is 1030. The fraction of sp³-hybridized carbons (Fsp3) is 0.176. The van der Waals surface area contributed by atoms with Crippen molar-refractivity contribution in [3.63, 3.8) is 0 Å². The number of aryl methyl sites for hydroxylation is 1. The van der Waals surface area contributed by atoms with Crippen LogP contribution in [0, 0.1) is 6.92 Å². The number of carbonyl (C=O) groups is 1. The molecule has 0 atom stereocenters. The first-order valence-corrected chi connectivity index (χ1v) is 10.3. The second-order valence-electron chi connectivity index (χ2n) is 5.54. The minimum Gasteiger partial charge on any atom is -0.302 e. The summed E-state index contributed by atoms with van der Waals surface area (Å²) in [5.41, 5.74) is 1.60. The maximum absolute atomic E-state index is 12.3. The number of amides is 1. The minimum absolute atomic E-state index is 0.139. The number of hydrogen-bond acceptors (Lipinski definition) is 5. The van der Waals surface area contributed by atoms with Crippen molar-refractivity contribution in [3.05, 3.63) is 53.1 Å². The van der Waals surface area contributed by atoms with Gasteiger partial charge in [0.15, 0.2) is 15.0 Å². The van der Waals surface area contributed by atoms with Gasteiger partial charge in [-0.25, -0.2) is 13.4 Å². The van der Waals surface area contributed by atoms with Crippen molar-refractivity contribution < 1.29 is 13.2 Å². The highest BCUT2D eigenvalue weighted by atomic mass is 35.5. The van der Waals surface area contributed by atoms with E-state index in [4.69, 9.17) is 11.6 Å². The summed E-state index contributed by atoms with van der Waals surface area (Å²) in [6.07, 6.45) is -0.139. The van der Waals surface area contributed by atoms with E-state index in [0.29, 0.717) is 15.7 Å². The van der Waals surface area contributed by atoms with E-state index in [9.17, 15) is 13.2 Å². The third-order valence-corrected chi connectivity index (χ3v) is 6.57. The van der Waals surface area contributed by atoms with Crippen molar-refractivity contribution in [1.29, 1.82) is 0 Å². The van der Waals surface area contributed by atoms with Crippen LogP contribution in [0.25, 0.3) is 10.2 Å². The van der Waals surface area contributed by atoms with Gasteiger partial charge < -0.3 is 5.32 Å². The normalized spacial score (nSPS) is 11.6. The lowest BCUT2D eigenvalue weighted by Gasteiger charge is -2.05. The van der Waals surface area contributed by atoms with E-state index in [2.05, 4.69) is 10.3 Å². The Balaban J connectivity index is 1.65. The van der Waals surface area contributed by atoms with Crippen molar-refractivity contribution in [1.82, 2.24) is 4.98 Å². The number of benzene rings is 2. The quantitative estimate of drug-likeness (QED) is 0.707. The summed E-state index contributed by atoms with van der Waals surface area (Å²) in [6.45, 7) is 1.88. The predicted molar refractivity (Wildman–Crippen MR) is 101 cm³/mol. The van der Waals surface area contributed by atoms with Gasteiger partial charge in [-0.1, -0.05) is 46.7 Å². The number of fused-ring (bicyclic) bond motifs is 1. The van der Waals surface area contributed by atoms with Gasteiger partial charge in [-0.15, -0.1) is 0 Å². The van der Waals surface area contributed by atoms with Crippen molar-refractivity contribution in [2.45, 2.75) is 18.2 Å². The molecule has 5 nitrogen and oxygen atoms in total. The molecule has 0 bridgehead atoms. The zero-order chi connectivity index (χ0) is 18.0. The molecular weight excluding hydrogens is 380 g/mol. The number of para-hydroxylation sites is 1. The first-order chi connectivity index (χ1) is 11.8. The number of carbonyl (C=O) groups excluding carboxylic acids is 1. The van der Waals surface area contributed by atoms with Gasteiger partial charge in [0.05, 0.1) is 20.4 Å². The van der Waals surface area contributed by atoms with E-state index in [0.717, 1.165) is 10.3 Å². The number of nitrogens with one attached hydrogen (secondary N) is 1. The molecule has 3 aromatic rings. The molecule has 1 aromatic heterocycles. The Kier molecular flexibility index (Phi) is 5.08. The Hall–Kier alpha value is -1.96. The largest absolute Gasteiger partial charge is 0.302 e. The first-order valence-electron chi connectivity index (χ1n) is 7.49. The molecule has 2 aromatic carbocycles. The molecule has 0 unspecified atom stereocenters. The first kappa shape index (κ1) is 17.8. The highest BCUT2D eigenvalue weighted by Gasteiger charge is 2.17. The Morgan fingerprint density at radius 3 is 2.60 bits per heavy atom. The lowest BCUT2D eigenvalue weighted by molar-refractivity contribution is -0.115. The number of halogens is 1. The maximum Gasteiger partial charge on any atom is 0.227 e. The van der Waals surface area contributed by atoms with Gasteiger partial charge in [-0.3, -0.25) is 4.79 Å². The molecule has 1 heterocycles. The summed E-state index contributed by atoms with van der Waals surface area (Å²) in [6, 6.07) is 12.0. The molecule has 130 valence electrons. The zero-order valence-corrected chi connectivity index (χ0v) is 15.7. The number of anilines is 1. The van der Waals surface area contributed by atoms with Gasteiger partial charge in [0.2, 0.25) is 5.91 Å². The summed E-state index contributed by atoms with van der Waals surface area (Å²) in [4.78, 5) is 16.6. The SMILES string of the molecule is Cc1ccc(S(=O)(=O)CCC(=O)Nc2nc3c(Cl)cccc3s2)cc1. The summed E-state index contributed by atoms with van der Waals surface area (Å²) < 4.78 is 25.4. The summed E-state index contributed by atoms with van der Waals surface area (Å²) in [5, 5.41) is 3.55. The van der Waals surface area contributed by atoms with Crippen LogP contribution in [0.2, 0.25) is 5.02 Å². The van der Waals surface area contributed by atoms with Crippen LogP contribution in [-0.4, -0.2) is 25.1 Å². The van der Waals surface area contributed by atoms with Gasteiger partial charge in [-0.05, 0) is 31.2 Å². The third kappa shape index (κ3) is 4.18. The number of nitrogens with zero attached hydrogens (tertiary/aromatic N) is 1. The molecule has 0 fully saturated rings. The fourth-order valence-electron chi connectivity index (χ4n) is 2.24. The topological polar surface area (TPSA) is 76.1 Å². The highest BCUT2D eigenvalue weighted by molar-refractivity contribution is 7.91. The van der Waals surface area contributed by atoms with Crippen molar-refractivity contribution in [3.8, 4) is 0 Å². The number of thiazole rings is 1. The molecule has 1 N–H and O–H groups in total. The molecule has 25 heavy (non-hydrogen) atoms. The predicted octanol–water partition coefficient (Wildman–Crippen LogP) is 4.06. The molecule has 0 aliphatic carbocycles. The van der Waals surface area contributed by atoms with Crippen LogP contribution in [0.1, 0.15) is 12.0 Å². The lowest BCUT2D eigenvalue weighted by atomic mass is 10.2. The number of hydrogen-bond donors (Lipinski definition) is 1. The van der Waals surface area contributed by atoms with E-state index in [1.165, 1.54) is 11.3 Å². The van der Waals surface area contributed by atoms with Crippen LogP contribution in [0.3, 0.4) is 0 Å². The second-order valence-corrected chi connectivity index (χ2v) is 9.08. The summed E-state index contributed by atoms with van der Waals surface area (Å²) in [5.74, 6) is -0.654. The fourth-order valence-corrected chi connectivity index (χ4v) is 4.66. The van der Waals surface area contributed by atoms with E-state index in [1.807, 2.05) is 19.1 Å². The van der Waals surface area contributed by atoms with Crippen molar-refractivity contribution in [2.24, 2.45) is 0 Å². The standard InChI is InChI=1S/C17H15ClN2O3S2/c1-11-5-7-12(8-6-11)25(22,23)10-9-15(21)19-17-20-16-13(18)3-2-4-14(16)24-17/h2-8H,9-10H2,1H3,(H,19,20,21). The Morgan fingerprint density at radius 1 is 1.20 bits per heavy atom. The van der Waals surface area contributed by atoms with Gasteiger partial charge in [0, 0.05) is 6.42 Å². The molecule has 8 heteroatoms. The van der Waals surface area contributed by atoms with Gasteiger partial charge in [0.1, 0.15) is 5.52 Å². The van der Waals surface area contributed by atoms with Crippen LogP contribution in [0.4, 0.5) is 5.13 Å². The zero-order valence-electron chi connectivity index (χ0n) is 13.3. The minimum atomic E-state index is -3.49. The molecule has 0 aliphatic heterocycles. The maximum atomic E-state index is 12.3. The van der Waals surface area contributed by atoms with E-state index >= 15 is 0 Å². The van der Waals surface area contributed by atoms with Crippen LogP contribution in [0.15, 0.2) is 47.4 Å². The summed E-state index contributed by atoms with van der Waals surface area (Å²) in [7, 11) is -3.49. The smallest absolute Gasteiger partial charge is 0.227 e. The molecule has 0 saturated carbocycles. The van der Waals surface area contributed by atoms with Gasteiger partial charge >= 0.3 is 0 Å². The molecule has 0 spiro atoms. The molecular formula is C17H15ClN2O3S2. The molecule has 1 amide bonds. The Labute approximate surface area is 154 Å². The average Bonchev–Trinajstić information content (AvgIpc) is 2.97. The van der Waals surface area contributed by atoms with Crippen molar-refractivity contribution >= 4 is 54.0 Å². The van der Waals surface area contributed by atoms with Crippen LogP contribution in [-0.2, 0) is 14.6 Å². The average molecular weight is 395 g/mol. The monoisotopic (exact) mass is 394 g/mol. The molecule has 0 radical (unpaired) electrons. The Morgan fingerprint density at radius 2 is 1.92 bits per heavy atom. The second kappa shape index (κ2) is 7.11. The lowest BCUT2D eigenvalue weighted by Crippen LogP contribution is -2.17. The molecule has 3 rings (SSSR count). The van der Waals surface area contributed by atoms with Gasteiger partial charge in [-0.2, -0.15) is 0 Å². The van der Waals surface area contributed by atoms with Crippen LogP contribution >= 0.6 is 22.9 Å². The molecule has 0 aliphatic rings. The summed E-state index contributed by atoms with van der Waals surface area (Å²) >= 11 is 7.35. The van der Waals surface area contributed by atoms with E-state index in [-0.39, 0.29) is 17.1 Å². The van der Waals surface area contributed by atoms with E-state index < -0.39 is 15.7 Å². The van der Waals surface area contributed by atoms with Crippen molar-refractivity contribution in [2.75, 3.05) is 11.1 Å². The number of aromatic nitrogens is 1. The van der Waals surface area contributed by atoms with E-state index in [1.54, 1.807) is 30.3 Å². The highest BCUT2D eigenvalue weighted by Crippen LogP contribution is 2.30. The number of sulfone groups is 1. The van der Waals surface area contributed by atoms with Gasteiger partial charge in [0.25, 0.3) is 0 Å². The third-order valence-electron chi connectivity index (χ3n) is 3.59.